The smallest absolute Gasteiger partial charge is 0.256 e. The number of carbonyl (C=O) groups is 2. The molecule has 1 aliphatic rings. The predicted octanol–water partition coefficient (Wildman–Crippen LogP) is 3.22. The molecule has 4 nitrogen and oxygen atoms in total. The molecular formula is C18H17ClN2O2. The van der Waals surface area contributed by atoms with Crippen molar-refractivity contribution in [3.05, 3.63) is 63.7 Å². The number of halogens is 1. The average Bonchev–Trinajstić information content (AvgIpc) is 2.55. The maximum atomic E-state index is 12.5. The van der Waals surface area contributed by atoms with Crippen molar-refractivity contribution in [2.75, 3.05) is 5.32 Å². The van der Waals surface area contributed by atoms with Crippen LogP contribution in [0.5, 0.6) is 0 Å². The quantitative estimate of drug-likeness (QED) is 0.850. The van der Waals surface area contributed by atoms with Crippen LogP contribution in [0.15, 0.2) is 36.4 Å². The first-order valence-corrected chi connectivity index (χ1v) is 7.88. The SMILES string of the molecule is NC1CCc2c(ccc(C(=O)Nc3ccc(Cl)cc3)c2C=O)C1. The Hall–Kier alpha value is -2.17. The highest BCUT2D eigenvalue weighted by Gasteiger charge is 2.22. The molecular weight excluding hydrogens is 312 g/mol. The zero-order chi connectivity index (χ0) is 16.4. The molecule has 5 heteroatoms. The Balaban J connectivity index is 1.91. The lowest BCUT2D eigenvalue weighted by molar-refractivity contribution is 0.101. The minimum Gasteiger partial charge on any atom is -0.327 e. The van der Waals surface area contributed by atoms with Gasteiger partial charge in [-0.25, -0.2) is 0 Å². The summed E-state index contributed by atoms with van der Waals surface area (Å²) >= 11 is 5.83. The maximum Gasteiger partial charge on any atom is 0.256 e. The van der Waals surface area contributed by atoms with E-state index in [9.17, 15) is 9.59 Å². The van der Waals surface area contributed by atoms with E-state index in [4.69, 9.17) is 17.3 Å². The molecule has 0 spiro atoms. The van der Waals surface area contributed by atoms with Crippen LogP contribution in [-0.4, -0.2) is 18.2 Å². The molecule has 0 radical (unpaired) electrons. The van der Waals surface area contributed by atoms with Gasteiger partial charge in [0.2, 0.25) is 0 Å². The molecule has 2 aromatic carbocycles. The summed E-state index contributed by atoms with van der Waals surface area (Å²) in [7, 11) is 0. The van der Waals surface area contributed by atoms with Crippen molar-refractivity contribution < 1.29 is 9.59 Å². The van der Waals surface area contributed by atoms with Crippen molar-refractivity contribution >= 4 is 29.5 Å². The number of nitrogens with one attached hydrogen (secondary N) is 1. The van der Waals surface area contributed by atoms with Crippen molar-refractivity contribution in [3.8, 4) is 0 Å². The number of hydrogen-bond donors (Lipinski definition) is 2. The van der Waals surface area contributed by atoms with Gasteiger partial charge in [-0.05, 0) is 60.7 Å². The Labute approximate surface area is 139 Å². The van der Waals surface area contributed by atoms with E-state index < -0.39 is 0 Å². The van der Waals surface area contributed by atoms with Crippen LogP contribution in [0.1, 0.15) is 38.3 Å². The van der Waals surface area contributed by atoms with Gasteiger partial charge in [0.25, 0.3) is 5.91 Å². The normalized spacial score (nSPS) is 16.5. The second kappa shape index (κ2) is 6.52. The fourth-order valence-electron chi connectivity index (χ4n) is 2.97. The van der Waals surface area contributed by atoms with Crippen molar-refractivity contribution in [2.45, 2.75) is 25.3 Å². The number of aldehydes is 1. The highest BCUT2D eigenvalue weighted by atomic mass is 35.5. The van der Waals surface area contributed by atoms with Crippen LogP contribution in [0, 0.1) is 0 Å². The molecule has 2 aromatic rings. The van der Waals surface area contributed by atoms with E-state index in [0.29, 0.717) is 21.8 Å². The number of rotatable bonds is 3. The number of nitrogens with two attached hydrogens (primary N) is 1. The summed E-state index contributed by atoms with van der Waals surface area (Å²) in [6, 6.07) is 10.6. The minimum atomic E-state index is -0.299. The van der Waals surface area contributed by atoms with Crippen LogP contribution < -0.4 is 11.1 Å². The molecule has 0 saturated carbocycles. The van der Waals surface area contributed by atoms with Gasteiger partial charge in [0.1, 0.15) is 0 Å². The van der Waals surface area contributed by atoms with Gasteiger partial charge in [-0.3, -0.25) is 9.59 Å². The second-order valence-electron chi connectivity index (χ2n) is 5.75. The number of hydrogen-bond acceptors (Lipinski definition) is 3. The Morgan fingerprint density at radius 3 is 2.65 bits per heavy atom. The topological polar surface area (TPSA) is 72.2 Å². The van der Waals surface area contributed by atoms with Gasteiger partial charge in [0.15, 0.2) is 6.29 Å². The molecule has 3 N–H and O–H groups in total. The summed E-state index contributed by atoms with van der Waals surface area (Å²) in [5, 5.41) is 3.39. The van der Waals surface area contributed by atoms with Crippen LogP contribution in [0.2, 0.25) is 5.02 Å². The Morgan fingerprint density at radius 1 is 1.22 bits per heavy atom. The van der Waals surface area contributed by atoms with Gasteiger partial charge in [-0.2, -0.15) is 0 Å². The second-order valence-corrected chi connectivity index (χ2v) is 6.18. The largest absolute Gasteiger partial charge is 0.327 e. The van der Waals surface area contributed by atoms with E-state index in [1.54, 1.807) is 30.3 Å². The van der Waals surface area contributed by atoms with E-state index in [2.05, 4.69) is 5.32 Å². The average molecular weight is 329 g/mol. The van der Waals surface area contributed by atoms with E-state index in [1.165, 1.54) is 0 Å². The zero-order valence-electron chi connectivity index (χ0n) is 12.5. The molecule has 1 unspecified atom stereocenters. The summed E-state index contributed by atoms with van der Waals surface area (Å²) in [5.41, 5.74) is 9.49. The molecule has 0 aromatic heterocycles. The first-order chi connectivity index (χ1) is 11.1. The molecule has 1 amide bonds. The fraction of sp³-hybridized carbons (Fsp3) is 0.222. The first-order valence-electron chi connectivity index (χ1n) is 7.51. The summed E-state index contributed by atoms with van der Waals surface area (Å²) < 4.78 is 0. The first kappa shape index (κ1) is 15.7. The highest BCUT2D eigenvalue weighted by Crippen LogP contribution is 2.26. The van der Waals surface area contributed by atoms with Crippen LogP contribution in [0.3, 0.4) is 0 Å². The summed E-state index contributed by atoms with van der Waals surface area (Å²) in [5.74, 6) is -0.299. The van der Waals surface area contributed by atoms with Crippen molar-refractivity contribution in [1.29, 1.82) is 0 Å². The van der Waals surface area contributed by atoms with E-state index in [1.807, 2.05) is 6.07 Å². The molecule has 0 fully saturated rings. The van der Waals surface area contributed by atoms with Gasteiger partial charge in [-0.1, -0.05) is 17.7 Å². The number of amides is 1. The molecule has 0 bridgehead atoms. The Kier molecular flexibility index (Phi) is 4.46. The van der Waals surface area contributed by atoms with Crippen molar-refractivity contribution in [2.24, 2.45) is 5.73 Å². The predicted molar refractivity (Wildman–Crippen MR) is 91.2 cm³/mol. The number of benzene rings is 2. The van der Waals surface area contributed by atoms with Crippen LogP contribution in [0.25, 0.3) is 0 Å². The zero-order valence-corrected chi connectivity index (χ0v) is 13.3. The Bertz CT molecular complexity index is 756. The molecule has 1 aliphatic carbocycles. The molecule has 1 atom stereocenters. The third kappa shape index (κ3) is 3.28. The summed E-state index contributed by atoms with van der Waals surface area (Å²) in [6.07, 6.45) is 3.07. The lowest BCUT2D eigenvalue weighted by Crippen LogP contribution is -2.29. The van der Waals surface area contributed by atoms with Crippen molar-refractivity contribution in [3.63, 3.8) is 0 Å². The van der Waals surface area contributed by atoms with Gasteiger partial charge < -0.3 is 11.1 Å². The number of fused-ring (bicyclic) bond motifs is 1. The monoisotopic (exact) mass is 328 g/mol. The molecule has 23 heavy (non-hydrogen) atoms. The molecule has 0 heterocycles. The maximum absolute atomic E-state index is 12.5. The van der Waals surface area contributed by atoms with E-state index in [-0.39, 0.29) is 11.9 Å². The summed E-state index contributed by atoms with van der Waals surface area (Å²) in [6.45, 7) is 0. The third-order valence-electron chi connectivity index (χ3n) is 4.17. The number of anilines is 1. The van der Waals surface area contributed by atoms with Crippen molar-refractivity contribution in [1.82, 2.24) is 0 Å². The lowest BCUT2D eigenvalue weighted by Gasteiger charge is -2.23. The Morgan fingerprint density at radius 2 is 1.96 bits per heavy atom. The van der Waals surface area contributed by atoms with Crippen LogP contribution in [0.4, 0.5) is 5.69 Å². The third-order valence-corrected chi connectivity index (χ3v) is 4.42. The van der Waals surface area contributed by atoms with E-state index >= 15 is 0 Å². The lowest BCUT2D eigenvalue weighted by atomic mass is 9.84. The number of carbonyl (C=O) groups excluding carboxylic acids is 2. The van der Waals surface area contributed by atoms with Gasteiger partial charge in [0, 0.05) is 22.3 Å². The molecule has 0 aliphatic heterocycles. The van der Waals surface area contributed by atoms with E-state index in [0.717, 1.165) is 36.7 Å². The molecule has 3 rings (SSSR count). The standard InChI is InChI=1S/C18H17ClN2O2/c19-12-2-5-14(6-3-12)21-18(23)16-7-1-11-9-13(20)4-8-15(11)17(16)10-22/h1-3,5-7,10,13H,4,8-9,20H2,(H,21,23). The van der Waals surface area contributed by atoms with Crippen LogP contribution >= 0.6 is 11.6 Å². The van der Waals surface area contributed by atoms with Gasteiger partial charge >= 0.3 is 0 Å². The van der Waals surface area contributed by atoms with Gasteiger partial charge in [-0.15, -0.1) is 0 Å². The molecule has 118 valence electrons. The fourth-order valence-corrected chi connectivity index (χ4v) is 3.10. The highest BCUT2D eigenvalue weighted by molar-refractivity contribution is 6.30. The molecule has 0 saturated heterocycles. The minimum absolute atomic E-state index is 0.121. The van der Waals surface area contributed by atoms with Gasteiger partial charge in [0.05, 0.1) is 5.56 Å². The summed E-state index contributed by atoms with van der Waals surface area (Å²) in [4.78, 5) is 24.1. The van der Waals surface area contributed by atoms with Crippen LogP contribution in [-0.2, 0) is 12.8 Å².